The summed E-state index contributed by atoms with van der Waals surface area (Å²) in [6, 6.07) is 0. The summed E-state index contributed by atoms with van der Waals surface area (Å²) in [4.78, 5) is 0. The first kappa shape index (κ1) is 20.1. The third-order valence-corrected chi connectivity index (χ3v) is 1.52. The average Bonchev–Trinajstić information content (AvgIpc) is 2.76. The van der Waals surface area contributed by atoms with Gasteiger partial charge in [0.2, 0.25) is 0 Å². The van der Waals surface area contributed by atoms with Gasteiger partial charge >= 0.3 is 26.2 Å². The van der Waals surface area contributed by atoms with Crippen LogP contribution in [0.5, 0.6) is 0 Å². The van der Waals surface area contributed by atoms with Gasteiger partial charge in [-0.15, -0.1) is 0 Å². The first-order valence-corrected chi connectivity index (χ1v) is 5.46. The van der Waals surface area contributed by atoms with Crippen LogP contribution in [0, 0.1) is 19.9 Å². The molecule has 0 unspecified atom stereocenters. The molecule has 0 aromatic heterocycles. The first-order chi connectivity index (χ1) is 6.33. The molecular weight excluding hydrogens is 247 g/mol. The molecule has 0 fully saturated rings. The maximum atomic E-state index is 3.60. The number of hydrogen-bond acceptors (Lipinski definition) is 0. The fourth-order valence-corrected chi connectivity index (χ4v) is 0.510. The third kappa shape index (κ3) is 29.3. The maximum Gasteiger partial charge on any atom is 3.00 e. The molecule has 0 bridgehead atoms. The van der Waals surface area contributed by atoms with Crippen molar-refractivity contribution in [3.8, 4) is 0 Å². The molecule has 0 saturated carbocycles. The van der Waals surface area contributed by atoms with Gasteiger partial charge in [-0.1, -0.05) is 39.5 Å². The Morgan fingerprint density at radius 3 is 1.64 bits per heavy atom. The molecule has 0 amide bonds. The molecule has 0 saturated heterocycles. The van der Waals surface area contributed by atoms with Crippen molar-refractivity contribution in [1.82, 2.24) is 0 Å². The predicted octanol–water partition coefficient (Wildman–Crippen LogP) is 4.77. The van der Waals surface area contributed by atoms with E-state index in [1.54, 1.807) is 0 Å². The van der Waals surface area contributed by atoms with Crippen LogP contribution in [-0.4, -0.2) is 0 Å². The molecule has 81 valence electrons. The Kier molecular flexibility index (Phi) is 33.6. The largest absolute Gasteiger partial charge is 3.00 e. The molecule has 14 heavy (non-hydrogen) atoms. The topological polar surface area (TPSA) is 0 Å². The second-order valence-electron chi connectivity index (χ2n) is 3.01. The van der Waals surface area contributed by atoms with E-state index in [-0.39, 0.29) is 26.2 Å². The molecule has 1 aliphatic rings. The van der Waals surface area contributed by atoms with Gasteiger partial charge in [-0.25, -0.2) is 0 Å². The Morgan fingerprint density at radius 1 is 1.14 bits per heavy atom. The van der Waals surface area contributed by atoms with Crippen LogP contribution in [-0.2, 0) is 26.2 Å². The molecule has 0 atom stereocenters. The molecule has 0 aromatic rings. The summed E-state index contributed by atoms with van der Waals surface area (Å²) in [5.41, 5.74) is 0. The second kappa shape index (κ2) is 23.4. The predicted molar refractivity (Wildman–Crippen MR) is 62.2 cm³/mol. The van der Waals surface area contributed by atoms with Crippen LogP contribution in [0.2, 0.25) is 0 Å². The van der Waals surface area contributed by atoms with Gasteiger partial charge in [0.15, 0.2) is 0 Å². The fraction of sp³-hybridized carbons (Fsp3) is 0.692. The summed E-state index contributed by atoms with van der Waals surface area (Å²) >= 11 is 0. The molecule has 1 radical (unpaired) electrons. The molecule has 1 aliphatic carbocycles. The Balaban J connectivity index is -0.000000127. The summed E-state index contributed by atoms with van der Waals surface area (Å²) in [5.74, 6) is 0. The van der Waals surface area contributed by atoms with Crippen molar-refractivity contribution < 1.29 is 26.2 Å². The van der Waals surface area contributed by atoms with E-state index < -0.39 is 0 Å². The van der Waals surface area contributed by atoms with Crippen LogP contribution in [0.15, 0.2) is 6.08 Å². The quantitative estimate of drug-likeness (QED) is 0.635. The van der Waals surface area contributed by atoms with Crippen LogP contribution in [0.3, 0.4) is 0 Å². The van der Waals surface area contributed by atoms with Gasteiger partial charge in [0.05, 0.1) is 0 Å². The van der Waals surface area contributed by atoms with Crippen molar-refractivity contribution in [2.75, 3.05) is 0 Å². The van der Waals surface area contributed by atoms with E-state index in [1.165, 1.54) is 32.1 Å². The van der Waals surface area contributed by atoms with Gasteiger partial charge in [-0.05, 0) is 0 Å². The Hall–Kier alpha value is 0.623. The summed E-state index contributed by atoms with van der Waals surface area (Å²) in [6.07, 6.45) is 13.6. The van der Waals surface area contributed by atoms with Gasteiger partial charge < -0.3 is 19.9 Å². The Labute approximate surface area is 111 Å². The smallest absolute Gasteiger partial charge is 0.501 e. The molecule has 0 aliphatic heterocycles. The second-order valence-corrected chi connectivity index (χ2v) is 3.01. The fourth-order valence-electron chi connectivity index (χ4n) is 0.510. The van der Waals surface area contributed by atoms with Crippen LogP contribution < -0.4 is 0 Å². The van der Waals surface area contributed by atoms with Crippen LogP contribution >= 0.6 is 0 Å². The summed E-state index contributed by atoms with van der Waals surface area (Å²) in [6.45, 7) is 11.4. The van der Waals surface area contributed by atoms with Crippen LogP contribution in [0.25, 0.3) is 0 Å². The summed E-state index contributed by atoms with van der Waals surface area (Å²) in [7, 11) is 0. The van der Waals surface area contributed by atoms with Crippen molar-refractivity contribution in [1.29, 1.82) is 0 Å². The van der Waals surface area contributed by atoms with Crippen molar-refractivity contribution >= 4 is 0 Å². The molecular formula is C13H25Zr. The van der Waals surface area contributed by atoms with E-state index in [0.717, 1.165) is 12.8 Å². The number of rotatable bonds is 2. The zero-order valence-electron chi connectivity index (χ0n) is 9.94. The first-order valence-electron chi connectivity index (χ1n) is 5.46. The number of hydrogen-bond donors (Lipinski definition) is 0. The molecule has 0 spiro atoms. The molecule has 0 aromatic carbocycles. The molecule has 0 heterocycles. The Bertz CT molecular complexity index is 73.2. The van der Waals surface area contributed by atoms with E-state index in [1.807, 2.05) is 0 Å². The average molecular weight is 273 g/mol. The van der Waals surface area contributed by atoms with Crippen molar-refractivity contribution in [2.45, 2.75) is 58.8 Å². The van der Waals surface area contributed by atoms with Gasteiger partial charge in [0, 0.05) is 0 Å². The van der Waals surface area contributed by atoms with Gasteiger partial charge in [-0.3, -0.25) is 6.08 Å². The van der Waals surface area contributed by atoms with Crippen LogP contribution in [0.4, 0.5) is 0 Å². The normalized spacial score (nSPS) is 11.7. The monoisotopic (exact) mass is 271 g/mol. The van der Waals surface area contributed by atoms with Crippen LogP contribution in [0.1, 0.15) is 58.8 Å². The zero-order chi connectivity index (χ0) is 10.4. The molecule has 0 N–H and O–H groups in total. The third-order valence-electron chi connectivity index (χ3n) is 1.52. The van der Waals surface area contributed by atoms with E-state index >= 15 is 0 Å². The Morgan fingerprint density at radius 2 is 1.57 bits per heavy atom. The zero-order valence-corrected chi connectivity index (χ0v) is 12.4. The van der Waals surface area contributed by atoms with Gasteiger partial charge in [0.1, 0.15) is 0 Å². The van der Waals surface area contributed by atoms with Crippen molar-refractivity contribution in [3.63, 3.8) is 0 Å². The minimum Gasteiger partial charge on any atom is -0.501 e. The van der Waals surface area contributed by atoms with E-state index in [2.05, 4.69) is 39.8 Å². The minimum absolute atomic E-state index is 0. The summed E-state index contributed by atoms with van der Waals surface area (Å²) in [5, 5.41) is 0. The minimum atomic E-state index is 0. The van der Waals surface area contributed by atoms with Crippen molar-refractivity contribution in [3.05, 3.63) is 26.0 Å². The maximum absolute atomic E-state index is 3.60. The standard InChI is InChI=1S/C5H7.2C4H9.Zr/c1-2-4-5-3-1;2*1-3-4-2;/h1H,2,4-5H2;2*1,3-4H2,2H3;/q3*-1;+3. The number of allylic oxidation sites excluding steroid dienone is 2. The van der Waals surface area contributed by atoms with E-state index in [0.29, 0.717) is 0 Å². The van der Waals surface area contributed by atoms with Crippen molar-refractivity contribution in [2.24, 2.45) is 0 Å². The van der Waals surface area contributed by atoms with Gasteiger partial charge in [0.25, 0.3) is 0 Å². The SMILES string of the molecule is [C-]1=CCCC1.[CH2-]CCC.[CH2-]CCC.[Zr+3]. The number of unbranched alkanes of at least 4 members (excludes halogenated alkanes) is 2. The van der Waals surface area contributed by atoms with E-state index in [9.17, 15) is 0 Å². The van der Waals surface area contributed by atoms with E-state index in [4.69, 9.17) is 0 Å². The molecule has 1 heteroatoms. The molecule has 0 nitrogen and oxygen atoms in total. The van der Waals surface area contributed by atoms with Gasteiger partial charge in [-0.2, -0.15) is 19.3 Å². The molecule has 1 rings (SSSR count). The summed E-state index contributed by atoms with van der Waals surface area (Å²) < 4.78 is 0.